The quantitative estimate of drug-likeness (QED) is 0.0136. The Labute approximate surface area is 501 Å². The Morgan fingerprint density at radius 2 is 1.23 bits per heavy atom. The van der Waals surface area contributed by atoms with Gasteiger partial charge >= 0.3 is 15.4 Å². The highest BCUT2D eigenvalue weighted by Crippen LogP contribution is 2.44. The van der Waals surface area contributed by atoms with Crippen LogP contribution < -0.4 is 24.7 Å². The zero-order valence-electron chi connectivity index (χ0n) is 49.0. The van der Waals surface area contributed by atoms with Gasteiger partial charge in [0.05, 0.1) is 19.8 Å². The molecule has 84 heavy (non-hydrogen) atoms. The van der Waals surface area contributed by atoms with E-state index in [1.54, 1.807) is 13.8 Å². The fourth-order valence-electron chi connectivity index (χ4n) is 11.0. The van der Waals surface area contributed by atoms with Crippen LogP contribution >= 0.6 is 0 Å². The summed E-state index contributed by atoms with van der Waals surface area (Å²) in [5, 5.41) is 29.8. The molecule has 0 aromatic heterocycles. The summed E-state index contributed by atoms with van der Waals surface area (Å²) in [5.74, 6) is 0.943. The molecule has 8 rings (SSSR count). The number of fused-ring (bicyclic) bond motifs is 4. The van der Waals surface area contributed by atoms with E-state index in [9.17, 15) is 19.6 Å². The minimum atomic E-state index is -2.27. The van der Waals surface area contributed by atoms with Crippen LogP contribution in [0.1, 0.15) is 74.9 Å². The van der Waals surface area contributed by atoms with Gasteiger partial charge in [0.1, 0.15) is 33.7 Å². The lowest BCUT2D eigenvalue weighted by Crippen LogP contribution is -2.49. The van der Waals surface area contributed by atoms with Crippen LogP contribution in [0.25, 0.3) is 27.1 Å². The lowest BCUT2D eigenvalue weighted by Gasteiger charge is -2.38. The van der Waals surface area contributed by atoms with Crippen molar-refractivity contribution < 1.29 is 43.0 Å². The van der Waals surface area contributed by atoms with Gasteiger partial charge < -0.3 is 39.0 Å². The molecule has 0 saturated carbocycles. The zero-order chi connectivity index (χ0) is 58.5. The van der Waals surface area contributed by atoms with Crippen molar-refractivity contribution in [3.8, 4) is 11.5 Å². The fraction of sp³-hybridized carbons (Fsp3) is 0.338. The monoisotopic (exact) mass is 1150 g/mol. The average molecular weight is 1150 g/mol. The van der Waals surface area contributed by atoms with E-state index in [1.807, 2.05) is 48.5 Å². The maximum Gasteiger partial charge on any atom is 0.569 e. The van der Waals surface area contributed by atoms with Gasteiger partial charge in [0.2, 0.25) is 5.91 Å². The van der Waals surface area contributed by atoms with E-state index in [2.05, 4.69) is 158 Å². The van der Waals surface area contributed by atoms with Crippen molar-refractivity contribution in [3.05, 3.63) is 196 Å². The maximum atomic E-state index is 12.4. The number of hydrogen-bond acceptors (Lipinski definition) is 11. The average Bonchev–Trinajstić information content (AvgIpc) is 1.58. The van der Waals surface area contributed by atoms with Crippen LogP contribution in [0.2, 0.25) is 13.1 Å². The van der Waals surface area contributed by atoms with Crippen molar-refractivity contribution in [1.29, 1.82) is 0 Å². The van der Waals surface area contributed by atoms with Gasteiger partial charge in [-0.3, -0.25) is 19.4 Å². The van der Waals surface area contributed by atoms with Gasteiger partial charge in [-0.15, -0.1) is 0 Å². The molecule has 0 atom stereocenters. The molecule has 0 spiro atoms. The summed E-state index contributed by atoms with van der Waals surface area (Å²) >= 11 is 0. The number of hydrogen-bond donors (Lipinski definition) is 3. The van der Waals surface area contributed by atoms with Gasteiger partial charge in [-0.05, 0) is 128 Å². The summed E-state index contributed by atoms with van der Waals surface area (Å²) in [4.78, 5) is 31.6. The lowest BCUT2D eigenvalue weighted by atomic mass is 9.85. The normalized spacial score (nSPS) is 13.1. The zero-order valence-corrected chi connectivity index (χ0v) is 50.0. The van der Waals surface area contributed by atoms with Crippen molar-refractivity contribution in [1.82, 2.24) is 15.1 Å². The molecule has 2 radical (unpaired) electrons. The predicted octanol–water partition coefficient (Wildman–Crippen LogP) is 10.3. The van der Waals surface area contributed by atoms with Crippen molar-refractivity contribution in [2.45, 2.75) is 80.8 Å². The van der Waals surface area contributed by atoms with E-state index in [0.717, 1.165) is 64.7 Å². The number of rotatable bonds is 29. The molecule has 6 aromatic carbocycles. The Kier molecular flexibility index (Phi) is 24.0. The van der Waals surface area contributed by atoms with E-state index < -0.39 is 8.07 Å². The van der Waals surface area contributed by atoms with Gasteiger partial charge in [0.25, 0.3) is 0 Å². The lowest BCUT2D eigenvalue weighted by molar-refractivity contribution is -0.462. The summed E-state index contributed by atoms with van der Waals surface area (Å²) in [5.41, 5.74) is 12.2. The molecule has 13 nitrogen and oxygen atoms in total. The third kappa shape index (κ3) is 15.8. The van der Waals surface area contributed by atoms with Crippen LogP contribution in [0.5, 0.6) is 11.5 Å². The van der Waals surface area contributed by atoms with Crippen LogP contribution in [0, 0.1) is 0 Å². The number of ether oxygens (including phenoxy) is 2. The second-order valence-corrected chi connectivity index (χ2v) is 26.5. The predicted molar refractivity (Wildman–Crippen MR) is 350 cm³/mol. The maximum absolute atomic E-state index is 12.4. The first kappa shape index (κ1) is 66.0. The molecule has 1 aliphatic heterocycles. The summed E-state index contributed by atoms with van der Waals surface area (Å²) in [7, 11) is 7.60. The van der Waals surface area contributed by atoms with Crippen molar-refractivity contribution in [2.75, 3.05) is 79.2 Å². The number of carbonyl (C=O) groups is 2. The first-order valence-corrected chi connectivity index (χ1v) is 31.1. The molecule has 2 aliphatic rings. The number of amides is 1. The summed E-state index contributed by atoms with van der Waals surface area (Å²) < 4.78 is 26.0. The van der Waals surface area contributed by atoms with Gasteiger partial charge in [-0.1, -0.05) is 120 Å². The molecule has 0 unspecified atom stereocenters. The molecule has 6 aromatic rings. The number of anilines is 1. The smallest absolute Gasteiger partial charge is 0.537 e. The summed E-state index contributed by atoms with van der Waals surface area (Å²) in [6, 6.07) is 38.2. The van der Waals surface area contributed by atoms with Gasteiger partial charge in [0.15, 0.2) is 11.5 Å². The highest BCUT2D eigenvalue weighted by molar-refractivity contribution is 6.98. The molecule has 3 N–H and O–H groups in total. The minimum Gasteiger partial charge on any atom is -0.537 e. The number of nitrogens with one attached hydrogen (secondary N) is 1. The number of allylic oxidation sites excluding steroid dienone is 6. The van der Waals surface area contributed by atoms with Gasteiger partial charge in [-0.2, -0.15) is 0 Å². The highest BCUT2D eigenvalue weighted by Gasteiger charge is 2.40. The van der Waals surface area contributed by atoms with E-state index in [4.69, 9.17) is 18.8 Å². The number of carbonyl (C=O) groups excluding carboxylic acids is 2. The second kappa shape index (κ2) is 30.6. The second-order valence-electron chi connectivity index (χ2n) is 22.2. The van der Waals surface area contributed by atoms with Crippen LogP contribution in [-0.4, -0.2) is 140 Å². The standard InChI is InChI=1S/C66H77B2N5O8Si.2CH4/c1-45(2)60(74)22-17-34-78-36-32-73(42-49-19-12-16-24-62(49)81-68-77)44-59-53-21-14-13-20-52(53)58(43-72(33-37-79-35-31-69-66(75)46(3)4)41-48-18-11-15-23-61(48)80-67-76)54-28-25-47(38-57(54)59)65-55-29-26-50(70(5)6)39-63(55)82(9,10)64-40-51(71(7)8)27-30-56(64)65;;/h11-16,18-21,23-30,38-40,76-77H,1,3,17,22,31-37,41-44H2,2,4-10H3;2*1H4/p+1. The van der Waals surface area contributed by atoms with E-state index in [0.29, 0.717) is 108 Å². The molecule has 0 fully saturated rings. The van der Waals surface area contributed by atoms with Crippen LogP contribution in [-0.2, 0) is 45.2 Å². The van der Waals surface area contributed by atoms with Crippen molar-refractivity contribution in [2.24, 2.45) is 0 Å². The molecule has 1 amide bonds. The molecule has 0 bridgehead atoms. The Morgan fingerprint density at radius 3 is 1.79 bits per heavy atom. The van der Waals surface area contributed by atoms with Gasteiger partial charge in [-0.25, -0.2) is 4.58 Å². The van der Waals surface area contributed by atoms with Crippen LogP contribution in [0.15, 0.2) is 162 Å². The third-order valence-corrected chi connectivity index (χ3v) is 19.0. The number of para-hydroxylation sites is 2. The Balaban J connectivity index is 0.00000566. The molecule has 0 saturated heterocycles. The van der Waals surface area contributed by atoms with E-state index in [1.165, 1.54) is 38.5 Å². The topological polar surface area (TPSA) is 136 Å². The first-order valence-electron chi connectivity index (χ1n) is 28.1. The van der Waals surface area contributed by atoms with E-state index in [-0.39, 0.29) is 26.5 Å². The third-order valence-electron chi connectivity index (χ3n) is 15.5. The first-order chi connectivity index (χ1) is 39.5. The van der Waals surface area contributed by atoms with Crippen molar-refractivity contribution >= 4 is 78.8 Å². The highest BCUT2D eigenvalue weighted by atomic mass is 28.3. The SMILES string of the molecule is C.C.C=C(C)C(=O)CCCOCCN(Cc1ccccc1O[B]O)Cc1c2ccccc2c(CN(CCOCCNC(=O)C(=C)C)Cc2ccccc2O[B]O)c2ccc(C3=C4C=CC(=[N+](C)C)C=C4[Si](C)(C)c4cc(N(C)C)ccc43)cc12. The Morgan fingerprint density at radius 1 is 0.667 bits per heavy atom. The molecule has 16 heteroatoms. The molecular formula is C68H86B2N5O8Si+. The fourth-order valence-corrected chi connectivity index (χ4v) is 14.1. The molecule has 1 heterocycles. The van der Waals surface area contributed by atoms with Gasteiger partial charge in [0, 0.05) is 107 Å². The van der Waals surface area contributed by atoms with Crippen LogP contribution in [0.3, 0.4) is 0 Å². The number of nitrogens with zero attached hydrogens (tertiary/aromatic N) is 4. The number of benzene rings is 6. The van der Waals surface area contributed by atoms with E-state index >= 15 is 0 Å². The molecular weight excluding hydrogens is 1060 g/mol. The van der Waals surface area contributed by atoms with Crippen LogP contribution in [0.4, 0.5) is 5.69 Å². The summed E-state index contributed by atoms with van der Waals surface area (Å²) in [6.07, 6.45) is 7.97. The number of ketones is 1. The molecule has 440 valence electrons. The number of Topliss-reactive ketones (excluding diaryl/α,β-unsaturated/α-hetero) is 1. The summed E-state index contributed by atoms with van der Waals surface area (Å²) in [6.45, 7) is 21.0. The Hall–Kier alpha value is -7.14. The Bertz CT molecular complexity index is 3480. The largest absolute Gasteiger partial charge is 0.569 e. The molecule has 1 aliphatic carbocycles. The van der Waals surface area contributed by atoms with Crippen molar-refractivity contribution in [3.63, 3.8) is 0 Å². The minimum absolute atomic E-state index is 0.